The lowest BCUT2D eigenvalue weighted by molar-refractivity contribution is 0.642. The van der Waals surface area contributed by atoms with Crippen molar-refractivity contribution in [3.05, 3.63) is 46.1 Å². The summed E-state index contributed by atoms with van der Waals surface area (Å²) in [7, 11) is 0. The lowest BCUT2D eigenvalue weighted by Gasteiger charge is -2.12. The molecule has 0 saturated carbocycles. The molecular formula is C12H13ClN2. The third-order valence-corrected chi connectivity index (χ3v) is 3.36. The molecule has 2 N–H and O–H groups in total. The van der Waals surface area contributed by atoms with Crippen LogP contribution in [-0.2, 0) is 6.54 Å². The third kappa shape index (κ3) is 1.54. The molecule has 0 radical (unpaired) electrons. The van der Waals surface area contributed by atoms with Crippen LogP contribution >= 0.6 is 11.6 Å². The molecule has 0 aromatic heterocycles. The molecule has 2 nitrogen and oxygen atoms in total. The average molecular weight is 221 g/mol. The molecule has 0 aliphatic carbocycles. The Bertz CT molecular complexity index is 426. The van der Waals surface area contributed by atoms with E-state index in [2.05, 4.69) is 29.0 Å². The van der Waals surface area contributed by atoms with Gasteiger partial charge in [0.1, 0.15) is 0 Å². The maximum absolute atomic E-state index is 5.98. The van der Waals surface area contributed by atoms with E-state index in [0.29, 0.717) is 6.04 Å². The summed E-state index contributed by atoms with van der Waals surface area (Å²) in [6.07, 6.45) is 3.28. The third-order valence-electron chi connectivity index (χ3n) is 3.13. The number of rotatable bonds is 1. The first-order valence-electron chi connectivity index (χ1n) is 5.28. The molecule has 1 atom stereocenters. The highest BCUT2D eigenvalue weighted by atomic mass is 35.5. The number of benzene rings is 1. The van der Waals surface area contributed by atoms with Crippen LogP contribution in [0.5, 0.6) is 0 Å². The van der Waals surface area contributed by atoms with E-state index in [4.69, 9.17) is 11.6 Å². The second kappa shape index (κ2) is 3.54. The minimum atomic E-state index is 0.396. The van der Waals surface area contributed by atoms with E-state index in [9.17, 15) is 0 Å². The van der Waals surface area contributed by atoms with Crippen LogP contribution < -0.4 is 10.6 Å². The summed E-state index contributed by atoms with van der Waals surface area (Å²) in [5.41, 5.74) is 4.17. The van der Waals surface area contributed by atoms with E-state index in [1.807, 2.05) is 6.07 Å². The molecular weight excluding hydrogens is 208 g/mol. The minimum absolute atomic E-state index is 0.396. The van der Waals surface area contributed by atoms with Gasteiger partial charge in [0.15, 0.2) is 0 Å². The normalized spacial score (nSPS) is 23.5. The molecule has 0 spiro atoms. The fraction of sp³-hybridized carbons (Fsp3) is 0.333. The molecule has 3 heteroatoms. The summed E-state index contributed by atoms with van der Waals surface area (Å²) in [5, 5.41) is 7.62. The van der Waals surface area contributed by atoms with E-state index in [1.165, 1.54) is 16.7 Å². The monoisotopic (exact) mass is 220 g/mol. The zero-order chi connectivity index (χ0) is 10.3. The minimum Gasteiger partial charge on any atom is -0.391 e. The summed E-state index contributed by atoms with van der Waals surface area (Å²) < 4.78 is 0. The van der Waals surface area contributed by atoms with Gasteiger partial charge in [0, 0.05) is 18.1 Å². The van der Waals surface area contributed by atoms with Crippen molar-refractivity contribution in [3.8, 4) is 0 Å². The Morgan fingerprint density at radius 2 is 2.27 bits per heavy atom. The lowest BCUT2D eigenvalue weighted by atomic mass is 9.98. The topological polar surface area (TPSA) is 24.1 Å². The van der Waals surface area contributed by atoms with Gasteiger partial charge in [-0.25, -0.2) is 0 Å². The van der Waals surface area contributed by atoms with Gasteiger partial charge in [-0.3, -0.25) is 0 Å². The zero-order valence-corrected chi connectivity index (χ0v) is 9.14. The Morgan fingerprint density at radius 1 is 1.33 bits per heavy atom. The molecule has 0 unspecified atom stereocenters. The fourth-order valence-corrected chi connectivity index (χ4v) is 2.58. The largest absolute Gasteiger partial charge is 0.391 e. The maximum Gasteiger partial charge on any atom is 0.0559 e. The Labute approximate surface area is 94.3 Å². The molecule has 0 fully saturated rings. The quantitative estimate of drug-likeness (QED) is 0.760. The second-order valence-electron chi connectivity index (χ2n) is 4.08. The molecule has 78 valence electrons. The van der Waals surface area contributed by atoms with Gasteiger partial charge in [0.2, 0.25) is 0 Å². The van der Waals surface area contributed by atoms with Crippen LogP contribution in [0.1, 0.15) is 23.6 Å². The second-order valence-corrected chi connectivity index (χ2v) is 4.52. The first kappa shape index (κ1) is 9.25. The van der Waals surface area contributed by atoms with E-state index in [1.54, 1.807) is 0 Å². The van der Waals surface area contributed by atoms with Gasteiger partial charge < -0.3 is 10.6 Å². The molecule has 0 amide bonds. The van der Waals surface area contributed by atoms with Crippen LogP contribution in [0, 0.1) is 0 Å². The average Bonchev–Trinajstić information content (AvgIpc) is 2.82. The number of nitrogens with one attached hydrogen (secondary N) is 2. The van der Waals surface area contributed by atoms with E-state index < -0.39 is 0 Å². The standard InChI is InChI=1S/C12H13ClN2/c13-10-1-2-11-9(5-10)7-15-12(11)8-3-4-14-6-8/h1-2,5-6,12,14-15H,3-4,7H2/t12-/m0/s1. The van der Waals surface area contributed by atoms with Gasteiger partial charge in [-0.2, -0.15) is 0 Å². The van der Waals surface area contributed by atoms with Gasteiger partial charge in [-0.05, 0) is 41.5 Å². The predicted octanol–water partition coefficient (Wildman–Crippen LogP) is 2.36. The van der Waals surface area contributed by atoms with Crippen molar-refractivity contribution in [1.82, 2.24) is 10.6 Å². The first-order valence-corrected chi connectivity index (χ1v) is 5.66. The van der Waals surface area contributed by atoms with Crippen molar-refractivity contribution in [2.45, 2.75) is 19.0 Å². The molecule has 3 rings (SSSR count). The van der Waals surface area contributed by atoms with E-state index >= 15 is 0 Å². The first-order chi connectivity index (χ1) is 7.34. The lowest BCUT2D eigenvalue weighted by Crippen LogP contribution is -2.13. The van der Waals surface area contributed by atoms with Gasteiger partial charge in [-0.1, -0.05) is 17.7 Å². The molecule has 1 aromatic carbocycles. The van der Waals surface area contributed by atoms with Crippen molar-refractivity contribution in [3.63, 3.8) is 0 Å². The molecule has 1 aromatic rings. The zero-order valence-electron chi connectivity index (χ0n) is 8.39. The Hall–Kier alpha value is -0.990. The molecule has 15 heavy (non-hydrogen) atoms. The molecule has 0 saturated heterocycles. The fourth-order valence-electron chi connectivity index (χ4n) is 2.38. The van der Waals surface area contributed by atoms with Crippen molar-refractivity contribution in [2.24, 2.45) is 0 Å². The van der Waals surface area contributed by atoms with Gasteiger partial charge in [-0.15, -0.1) is 0 Å². The summed E-state index contributed by atoms with van der Waals surface area (Å²) >= 11 is 5.98. The Balaban J connectivity index is 1.97. The summed E-state index contributed by atoms with van der Waals surface area (Å²) in [4.78, 5) is 0. The van der Waals surface area contributed by atoms with Crippen molar-refractivity contribution in [2.75, 3.05) is 6.54 Å². The Morgan fingerprint density at radius 3 is 3.07 bits per heavy atom. The van der Waals surface area contributed by atoms with E-state index in [-0.39, 0.29) is 0 Å². The van der Waals surface area contributed by atoms with Crippen LogP contribution in [0.15, 0.2) is 30.0 Å². The van der Waals surface area contributed by atoms with E-state index in [0.717, 1.165) is 24.5 Å². The van der Waals surface area contributed by atoms with Crippen LogP contribution in [0.3, 0.4) is 0 Å². The highest BCUT2D eigenvalue weighted by molar-refractivity contribution is 6.30. The Kier molecular flexibility index (Phi) is 2.19. The molecule has 0 bridgehead atoms. The number of fused-ring (bicyclic) bond motifs is 1. The van der Waals surface area contributed by atoms with Crippen LogP contribution in [0.2, 0.25) is 5.02 Å². The SMILES string of the molecule is Clc1ccc2c(c1)CN[C@H]2C1=CNCC1. The maximum atomic E-state index is 5.98. The number of hydrogen-bond donors (Lipinski definition) is 2. The van der Waals surface area contributed by atoms with Gasteiger partial charge in [0.05, 0.1) is 6.04 Å². The highest BCUT2D eigenvalue weighted by Crippen LogP contribution is 2.34. The van der Waals surface area contributed by atoms with Crippen LogP contribution in [-0.4, -0.2) is 6.54 Å². The van der Waals surface area contributed by atoms with Gasteiger partial charge >= 0.3 is 0 Å². The highest BCUT2D eigenvalue weighted by Gasteiger charge is 2.26. The summed E-state index contributed by atoms with van der Waals surface area (Å²) in [6.45, 7) is 1.99. The van der Waals surface area contributed by atoms with Crippen LogP contribution in [0.4, 0.5) is 0 Å². The number of hydrogen-bond acceptors (Lipinski definition) is 2. The summed E-state index contributed by atoms with van der Waals surface area (Å²) in [5.74, 6) is 0. The smallest absolute Gasteiger partial charge is 0.0559 e. The number of halogens is 1. The van der Waals surface area contributed by atoms with Crippen molar-refractivity contribution >= 4 is 11.6 Å². The van der Waals surface area contributed by atoms with Gasteiger partial charge in [0.25, 0.3) is 0 Å². The molecule has 2 aliphatic heterocycles. The van der Waals surface area contributed by atoms with Crippen LogP contribution in [0.25, 0.3) is 0 Å². The predicted molar refractivity (Wildman–Crippen MR) is 61.7 cm³/mol. The molecule has 2 heterocycles. The summed E-state index contributed by atoms with van der Waals surface area (Å²) in [6, 6.07) is 6.57. The molecule has 2 aliphatic rings. The van der Waals surface area contributed by atoms with Crippen molar-refractivity contribution in [1.29, 1.82) is 0 Å². The van der Waals surface area contributed by atoms with Crippen molar-refractivity contribution < 1.29 is 0 Å².